The Bertz CT molecular complexity index is 318. The first kappa shape index (κ1) is 9.58. The van der Waals surface area contributed by atoms with Gasteiger partial charge in [0.2, 0.25) is 0 Å². The molecule has 0 fully saturated rings. The lowest BCUT2D eigenvalue weighted by atomic mass is 10.0. The van der Waals surface area contributed by atoms with Crippen LogP contribution in [0.2, 0.25) is 0 Å². The van der Waals surface area contributed by atoms with E-state index in [1.54, 1.807) is 6.07 Å². The zero-order valence-corrected chi connectivity index (χ0v) is 7.70. The van der Waals surface area contributed by atoms with Gasteiger partial charge in [-0.2, -0.15) is 0 Å². The normalized spacial score (nSPS) is 9.69. The lowest BCUT2D eigenvalue weighted by Gasteiger charge is -2.07. The first-order valence-corrected chi connectivity index (χ1v) is 4.08. The SMILES string of the molecule is CCc1cc(OC)cc(O)c1C=O. The number of benzene rings is 1. The summed E-state index contributed by atoms with van der Waals surface area (Å²) < 4.78 is 4.96. The van der Waals surface area contributed by atoms with E-state index in [0.717, 1.165) is 5.56 Å². The summed E-state index contributed by atoms with van der Waals surface area (Å²) >= 11 is 0. The predicted octanol–water partition coefficient (Wildman–Crippen LogP) is 1.78. The molecular weight excluding hydrogens is 168 g/mol. The molecule has 70 valence electrons. The minimum absolute atomic E-state index is 0.0220. The topological polar surface area (TPSA) is 46.5 Å². The molecule has 0 amide bonds. The molecule has 0 saturated carbocycles. The monoisotopic (exact) mass is 180 g/mol. The lowest BCUT2D eigenvalue weighted by Crippen LogP contribution is -1.93. The van der Waals surface area contributed by atoms with Crippen molar-refractivity contribution in [2.24, 2.45) is 0 Å². The standard InChI is InChI=1S/C10H12O3/c1-3-7-4-8(13-2)5-10(12)9(7)6-11/h4-6,12H,3H2,1-2H3. The van der Waals surface area contributed by atoms with E-state index in [-0.39, 0.29) is 5.75 Å². The number of phenolic OH excluding ortho intramolecular Hbond substituents is 1. The van der Waals surface area contributed by atoms with Gasteiger partial charge >= 0.3 is 0 Å². The highest BCUT2D eigenvalue weighted by Crippen LogP contribution is 2.26. The van der Waals surface area contributed by atoms with Crippen LogP contribution in [0.4, 0.5) is 0 Å². The van der Waals surface area contributed by atoms with E-state index < -0.39 is 0 Å². The molecule has 0 atom stereocenters. The molecule has 0 aliphatic carbocycles. The molecule has 13 heavy (non-hydrogen) atoms. The van der Waals surface area contributed by atoms with Crippen LogP contribution in [0.5, 0.6) is 11.5 Å². The third kappa shape index (κ3) is 1.80. The van der Waals surface area contributed by atoms with Gasteiger partial charge in [0.15, 0.2) is 6.29 Å². The van der Waals surface area contributed by atoms with Crippen molar-refractivity contribution in [1.29, 1.82) is 0 Å². The molecule has 0 radical (unpaired) electrons. The zero-order chi connectivity index (χ0) is 9.84. The number of aryl methyl sites for hydroxylation is 1. The molecule has 0 aliphatic heterocycles. The number of rotatable bonds is 3. The van der Waals surface area contributed by atoms with Gasteiger partial charge in [0.1, 0.15) is 11.5 Å². The van der Waals surface area contributed by atoms with Crippen LogP contribution in [-0.4, -0.2) is 18.5 Å². The molecule has 0 bridgehead atoms. The van der Waals surface area contributed by atoms with Gasteiger partial charge in [-0.15, -0.1) is 0 Å². The largest absolute Gasteiger partial charge is 0.507 e. The summed E-state index contributed by atoms with van der Waals surface area (Å²) in [6.07, 6.45) is 1.35. The van der Waals surface area contributed by atoms with Crippen LogP contribution in [0.1, 0.15) is 22.8 Å². The van der Waals surface area contributed by atoms with Crippen LogP contribution in [0, 0.1) is 0 Å². The first-order valence-electron chi connectivity index (χ1n) is 4.08. The number of phenols is 1. The van der Waals surface area contributed by atoms with E-state index in [0.29, 0.717) is 24.0 Å². The number of aldehydes is 1. The van der Waals surface area contributed by atoms with E-state index in [1.807, 2.05) is 6.92 Å². The Hall–Kier alpha value is -1.51. The van der Waals surface area contributed by atoms with E-state index >= 15 is 0 Å². The van der Waals surface area contributed by atoms with Crippen LogP contribution >= 0.6 is 0 Å². The fraction of sp³-hybridized carbons (Fsp3) is 0.300. The van der Waals surface area contributed by atoms with Crippen molar-refractivity contribution in [2.45, 2.75) is 13.3 Å². The number of hydrogen-bond acceptors (Lipinski definition) is 3. The smallest absolute Gasteiger partial charge is 0.154 e. The summed E-state index contributed by atoms with van der Waals surface area (Å²) in [6, 6.07) is 3.19. The van der Waals surface area contributed by atoms with Crippen molar-refractivity contribution in [3.05, 3.63) is 23.3 Å². The molecule has 1 aromatic carbocycles. The second kappa shape index (κ2) is 3.94. The van der Waals surface area contributed by atoms with Crippen molar-refractivity contribution in [3.8, 4) is 11.5 Å². The highest BCUT2D eigenvalue weighted by Gasteiger charge is 2.08. The van der Waals surface area contributed by atoms with Gasteiger partial charge in [-0.1, -0.05) is 6.92 Å². The molecule has 0 aromatic heterocycles. The second-order valence-electron chi connectivity index (χ2n) is 2.69. The maximum atomic E-state index is 10.6. The number of carbonyl (C=O) groups excluding carboxylic acids is 1. The third-order valence-electron chi connectivity index (χ3n) is 1.95. The fourth-order valence-electron chi connectivity index (χ4n) is 1.21. The molecule has 3 nitrogen and oxygen atoms in total. The van der Waals surface area contributed by atoms with E-state index in [2.05, 4.69) is 0 Å². The van der Waals surface area contributed by atoms with Crippen molar-refractivity contribution >= 4 is 6.29 Å². The Balaban J connectivity index is 3.28. The Morgan fingerprint density at radius 1 is 1.54 bits per heavy atom. The van der Waals surface area contributed by atoms with Gasteiger partial charge < -0.3 is 9.84 Å². The molecule has 0 unspecified atom stereocenters. The van der Waals surface area contributed by atoms with Crippen LogP contribution in [0.25, 0.3) is 0 Å². The van der Waals surface area contributed by atoms with Crippen LogP contribution in [-0.2, 0) is 6.42 Å². The molecule has 1 aromatic rings. The van der Waals surface area contributed by atoms with Gasteiger partial charge in [0.25, 0.3) is 0 Å². The Labute approximate surface area is 77.0 Å². The van der Waals surface area contributed by atoms with Gasteiger partial charge in [-0.25, -0.2) is 0 Å². The zero-order valence-electron chi connectivity index (χ0n) is 7.70. The molecular formula is C10H12O3. The third-order valence-corrected chi connectivity index (χ3v) is 1.95. The molecule has 1 N–H and O–H groups in total. The maximum absolute atomic E-state index is 10.6. The average Bonchev–Trinajstić information content (AvgIpc) is 2.16. The molecule has 1 rings (SSSR count). The minimum atomic E-state index is -0.0220. The van der Waals surface area contributed by atoms with Gasteiger partial charge in [-0.3, -0.25) is 4.79 Å². The fourth-order valence-corrected chi connectivity index (χ4v) is 1.21. The summed E-state index contributed by atoms with van der Waals surface area (Å²) in [5, 5.41) is 9.42. The van der Waals surface area contributed by atoms with Gasteiger partial charge in [0, 0.05) is 6.07 Å². The summed E-state index contributed by atoms with van der Waals surface area (Å²) in [7, 11) is 1.52. The average molecular weight is 180 g/mol. The highest BCUT2D eigenvalue weighted by molar-refractivity contribution is 5.82. The van der Waals surface area contributed by atoms with Gasteiger partial charge in [-0.05, 0) is 18.1 Å². The first-order chi connectivity index (χ1) is 6.22. The molecule has 3 heteroatoms. The van der Waals surface area contributed by atoms with Gasteiger partial charge in [0.05, 0.1) is 12.7 Å². The summed E-state index contributed by atoms with van der Waals surface area (Å²) in [4.78, 5) is 10.6. The van der Waals surface area contributed by atoms with Crippen LogP contribution in [0.15, 0.2) is 12.1 Å². The molecule has 0 aliphatic rings. The van der Waals surface area contributed by atoms with E-state index in [4.69, 9.17) is 4.74 Å². The maximum Gasteiger partial charge on any atom is 0.154 e. The molecule has 0 heterocycles. The highest BCUT2D eigenvalue weighted by atomic mass is 16.5. The van der Waals surface area contributed by atoms with E-state index in [1.165, 1.54) is 13.2 Å². The number of hydrogen-bond donors (Lipinski definition) is 1. The number of ether oxygens (including phenoxy) is 1. The Morgan fingerprint density at radius 3 is 2.69 bits per heavy atom. The Kier molecular flexibility index (Phi) is 2.90. The lowest BCUT2D eigenvalue weighted by molar-refractivity contribution is 0.112. The molecule has 0 saturated heterocycles. The van der Waals surface area contributed by atoms with E-state index in [9.17, 15) is 9.90 Å². The second-order valence-corrected chi connectivity index (χ2v) is 2.69. The summed E-state index contributed by atoms with van der Waals surface area (Å²) in [5.74, 6) is 0.547. The van der Waals surface area contributed by atoms with Crippen molar-refractivity contribution in [2.75, 3.05) is 7.11 Å². The minimum Gasteiger partial charge on any atom is -0.507 e. The van der Waals surface area contributed by atoms with Crippen LogP contribution < -0.4 is 4.74 Å². The molecule has 0 spiro atoms. The van der Waals surface area contributed by atoms with Crippen molar-refractivity contribution in [3.63, 3.8) is 0 Å². The quantitative estimate of drug-likeness (QED) is 0.721. The number of aromatic hydroxyl groups is 1. The number of carbonyl (C=O) groups is 1. The van der Waals surface area contributed by atoms with Crippen molar-refractivity contribution in [1.82, 2.24) is 0 Å². The van der Waals surface area contributed by atoms with Crippen LogP contribution in [0.3, 0.4) is 0 Å². The number of methoxy groups -OCH3 is 1. The summed E-state index contributed by atoms with van der Waals surface area (Å²) in [5.41, 5.74) is 1.15. The Morgan fingerprint density at radius 2 is 2.23 bits per heavy atom. The summed E-state index contributed by atoms with van der Waals surface area (Å²) in [6.45, 7) is 1.92. The predicted molar refractivity (Wildman–Crippen MR) is 49.4 cm³/mol. The van der Waals surface area contributed by atoms with Crippen molar-refractivity contribution < 1.29 is 14.6 Å².